The minimum absolute atomic E-state index is 0.194. The fourth-order valence-corrected chi connectivity index (χ4v) is 4.96. The molecule has 0 spiro atoms. The number of aliphatic hydroxyl groups excluding tert-OH is 5. The van der Waals surface area contributed by atoms with Crippen LogP contribution < -0.4 is 5.32 Å². The molecule has 1 aliphatic heterocycles. The molecule has 0 bridgehead atoms. The molecule has 0 aromatic carbocycles. The lowest BCUT2D eigenvalue weighted by Crippen LogP contribution is -2.60. The summed E-state index contributed by atoms with van der Waals surface area (Å²) in [6.45, 7) is 3.56. The van der Waals surface area contributed by atoms with Gasteiger partial charge in [0, 0.05) is 6.42 Å². The molecule has 6 N–H and O–H groups in total. The zero-order chi connectivity index (χ0) is 31.0. The molecule has 1 saturated heterocycles. The molecule has 0 aliphatic carbocycles. The number of carbonyl (C=O) groups is 1. The predicted molar refractivity (Wildman–Crippen MR) is 166 cm³/mol. The van der Waals surface area contributed by atoms with E-state index in [0.29, 0.717) is 6.42 Å². The Hall–Kier alpha value is -1.33. The minimum Gasteiger partial charge on any atom is -0.394 e. The van der Waals surface area contributed by atoms with E-state index in [1.807, 2.05) is 6.08 Å². The van der Waals surface area contributed by atoms with Crippen LogP contribution in [0.25, 0.3) is 0 Å². The summed E-state index contributed by atoms with van der Waals surface area (Å²) in [6.07, 6.45) is 18.6. The molecule has 7 unspecified atom stereocenters. The largest absolute Gasteiger partial charge is 0.394 e. The predicted octanol–water partition coefficient (Wildman–Crippen LogP) is 4.43. The summed E-state index contributed by atoms with van der Waals surface area (Å²) in [6, 6.07) is -0.800. The standard InChI is InChI=1S/C33H61NO8/c1-3-5-7-9-10-11-12-13-14-15-16-17-18-19-21-23-29(37)34-26(27(36)22-20-8-6-4-2)25-41-33-32(40)31(39)30(38)28(24-35)42-33/h13-14,20,22,26-28,30-33,35-36,38-40H,3-12,15-19,21,23-25H2,1-2H3,(H,34,37)/b14-13-,22-20+. The van der Waals surface area contributed by atoms with Crippen LogP contribution in [0.3, 0.4) is 0 Å². The summed E-state index contributed by atoms with van der Waals surface area (Å²) >= 11 is 0. The lowest BCUT2D eigenvalue weighted by atomic mass is 9.99. The summed E-state index contributed by atoms with van der Waals surface area (Å²) < 4.78 is 11.0. The quantitative estimate of drug-likeness (QED) is 0.0667. The minimum atomic E-state index is -1.56. The van der Waals surface area contributed by atoms with Crippen LogP contribution in [0.5, 0.6) is 0 Å². The lowest BCUT2D eigenvalue weighted by molar-refractivity contribution is -0.302. The van der Waals surface area contributed by atoms with Gasteiger partial charge in [-0.3, -0.25) is 4.79 Å². The molecule has 1 rings (SSSR count). The summed E-state index contributed by atoms with van der Waals surface area (Å²) in [7, 11) is 0. The number of aliphatic hydroxyl groups is 5. The number of hydrogen-bond acceptors (Lipinski definition) is 8. The Morgan fingerprint density at radius 2 is 1.36 bits per heavy atom. The van der Waals surface area contributed by atoms with E-state index in [4.69, 9.17) is 9.47 Å². The molecule has 1 aliphatic rings. The number of rotatable bonds is 25. The van der Waals surface area contributed by atoms with Gasteiger partial charge in [0.25, 0.3) is 0 Å². The van der Waals surface area contributed by atoms with E-state index in [-0.39, 0.29) is 12.5 Å². The Morgan fingerprint density at radius 1 is 0.786 bits per heavy atom. The third-order valence-corrected chi connectivity index (χ3v) is 7.77. The van der Waals surface area contributed by atoms with Crippen molar-refractivity contribution in [2.45, 2.75) is 166 Å². The van der Waals surface area contributed by atoms with Crippen LogP contribution in [-0.4, -0.2) is 87.5 Å². The summed E-state index contributed by atoms with van der Waals surface area (Å²) in [4.78, 5) is 12.7. The van der Waals surface area contributed by atoms with E-state index < -0.39 is 49.5 Å². The van der Waals surface area contributed by atoms with E-state index in [1.54, 1.807) is 6.08 Å². The van der Waals surface area contributed by atoms with Crippen LogP contribution in [0.15, 0.2) is 24.3 Å². The van der Waals surface area contributed by atoms with Crippen LogP contribution in [-0.2, 0) is 14.3 Å². The average molecular weight is 600 g/mol. The van der Waals surface area contributed by atoms with E-state index in [9.17, 15) is 30.3 Å². The monoisotopic (exact) mass is 599 g/mol. The van der Waals surface area contributed by atoms with Gasteiger partial charge in [-0.05, 0) is 38.5 Å². The Balaban J connectivity index is 2.37. The third-order valence-electron chi connectivity index (χ3n) is 7.77. The van der Waals surface area contributed by atoms with Crippen molar-refractivity contribution in [3.05, 3.63) is 24.3 Å². The molecule has 42 heavy (non-hydrogen) atoms. The smallest absolute Gasteiger partial charge is 0.220 e. The Kier molecular flexibility index (Phi) is 23.1. The first kappa shape index (κ1) is 38.7. The van der Waals surface area contributed by atoms with Gasteiger partial charge >= 0.3 is 0 Å². The van der Waals surface area contributed by atoms with Gasteiger partial charge in [-0.1, -0.05) is 102 Å². The van der Waals surface area contributed by atoms with Crippen LogP contribution >= 0.6 is 0 Å². The van der Waals surface area contributed by atoms with E-state index in [1.165, 1.54) is 44.9 Å². The molecule has 1 amide bonds. The van der Waals surface area contributed by atoms with E-state index >= 15 is 0 Å². The Labute approximate surface area is 254 Å². The molecular weight excluding hydrogens is 538 g/mol. The Morgan fingerprint density at radius 3 is 1.98 bits per heavy atom. The van der Waals surface area contributed by atoms with Gasteiger partial charge < -0.3 is 40.3 Å². The molecular formula is C33H61NO8. The van der Waals surface area contributed by atoms with Crippen molar-refractivity contribution in [2.24, 2.45) is 0 Å². The lowest BCUT2D eigenvalue weighted by Gasteiger charge is -2.40. The number of carbonyl (C=O) groups excluding carboxylic acids is 1. The van der Waals surface area contributed by atoms with Crippen LogP contribution in [0.4, 0.5) is 0 Å². The molecule has 1 fully saturated rings. The first-order valence-corrected chi connectivity index (χ1v) is 16.6. The highest BCUT2D eigenvalue weighted by Gasteiger charge is 2.44. The van der Waals surface area contributed by atoms with Gasteiger partial charge in [0.15, 0.2) is 6.29 Å². The van der Waals surface area contributed by atoms with Gasteiger partial charge in [0.1, 0.15) is 24.4 Å². The summed E-state index contributed by atoms with van der Waals surface area (Å²) in [5.41, 5.74) is 0. The zero-order valence-corrected chi connectivity index (χ0v) is 26.2. The second-order valence-corrected chi connectivity index (χ2v) is 11.6. The zero-order valence-electron chi connectivity index (χ0n) is 26.2. The van der Waals surface area contributed by atoms with Crippen molar-refractivity contribution in [3.63, 3.8) is 0 Å². The second kappa shape index (κ2) is 25.0. The van der Waals surface area contributed by atoms with Crippen molar-refractivity contribution in [3.8, 4) is 0 Å². The van der Waals surface area contributed by atoms with Crippen LogP contribution in [0.2, 0.25) is 0 Å². The highest BCUT2D eigenvalue weighted by molar-refractivity contribution is 5.76. The highest BCUT2D eigenvalue weighted by Crippen LogP contribution is 2.22. The van der Waals surface area contributed by atoms with E-state index in [0.717, 1.165) is 57.8 Å². The summed E-state index contributed by atoms with van der Waals surface area (Å²) in [5, 5.41) is 53.2. The normalized spacial score (nSPS) is 24.4. The molecule has 0 aromatic heterocycles. The maximum absolute atomic E-state index is 12.7. The first-order chi connectivity index (χ1) is 20.3. The fourth-order valence-electron chi connectivity index (χ4n) is 4.96. The van der Waals surface area contributed by atoms with Gasteiger partial charge in [-0.2, -0.15) is 0 Å². The number of hydrogen-bond donors (Lipinski definition) is 6. The number of allylic oxidation sites excluding steroid dienone is 3. The molecule has 0 aromatic rings. The maximum Gasteiger partial charge on any atom is 0.220 e. The number of unbranched alkanes of at least 4 members (excludes halogenated alkanes) is 13. The number of ether oxygens (including phenoxy) is 2. The second-order valence-electron chi connectivity index (χ2n) is 11.6. The van der Waals surface area contributed by atoms with Gasteiger partial charge in [-0.25, -0.2) is 0 Å². The maximum atomic E-state index is 12.7. The van der Waals surface area contributed by atoms with Crippen molar-refractivity contribution in [1.82, 2.24) is 5.32 Å². The topological polar surface area (TPSA) is 149 Å². The van der Waals surface area contributed by atoms with Crippen molar-refractivity contribution >= 4 is 5.91 Å². The molecule has 0 saturated carbocycles. The number of amides is 1. The van der Waals surface area contributed by atoms with Crippen molar-refractivity contribution < 1.29 is 39.8 Å². The van der Waals surface area contributed by atoms with Gasteiger partial charge in [0.05, 0.1) is 25.4 Å². The van der Waals surface area contributed by atoms with E-state index in [2.05, 4.69) is 31.3 Å². The first-order valence-electron chi connectivity index (χ1n) is 16.6. The van der Waals surface area contributed by atoms with Gasteiger partial charge in [-0.15, -0.1) is 0 Å². The molecule has 0 radical (unpaired) electrons. The highest BCUT2D eigenvalue weighted by atomic mass is 16.7. The van der Waals surface area contributed by atoms with Crippen molar-refractivity contribution in [1.29, 1.82) is 0 Å². The van der Waals surface area contributed by atoms with Gasteiger partial charge in [0.2, 0.25) is 5.91 Å². The summed E-state index contributed by atoms with van der Waals surface area (Å²) in [5.74, 6) is -0.198. The molecule has 7 atom stereocenters. The SMILES string of the molecule is CCCC/C=C/C(O)C(COC1OC(CO)C(O)C(O)C1O)NC(=O)CCCCCCC/C=C\CCCCCCCC. The van der Waals surface area contributed by atoms with Crippen LogP contribution in [0, 0.1) is 0 Å². The average Bonchev–Trinajstić information content (AvgIpc) is 2.98. The van der Waals surface area contributed by atoms with Crippen molar-refractivity contribution in [2.75, 3.05) is 13.2 Å². The fraction of sp³-hybridized carbons (Fsp3) is 0.848. The van der Waals surface area contributed by atoms with Crippen LogP contribution in [0.1, 0.15) is 123 Å². The molecule has 9 nitrogen and oxygen atoms in total. The number of nitrogens with one attached hydrogen (secondary N) is 1. The molecule has 246 valence electrons. The third kappa shape index (κ3) is 17.1. The molecule has 9 heteroatoms. The molecule has 1 heterocycles. The Bertz CT molecular complexity index is 716.